The van der Waals surface area contributed by atoms with Crippen LogP contribution in [0.1, 0.15) is 68.2 Å². The van der Waals surface area contributed by atoms with Gasteiger partial charge in [0.1, 0.15) is 0 Å². The summed E-state index contributed by atoms with van der Waals surface area (Å²) in [4.78, 5) is 0. The Bertz CT molecular complexity index is 272. The van der Waals surface area contributed by atoms with Crippen LogP contribution in [0, 0.1) is 16.7 Å². The van der Waals surface area contributed by atoms with E-state index < -0.39 is 0 Å². The van der Waals surface area contributed by atoms with Crippen molar-refractivity contribution in [2.24, 2.45) is 16.7 Å². The first kappa shape index (κ1) is 21.9. The van der Waals surface area contributed by atoms with Gasteiger partial charge < -0.3 is 14.2 Å². The van der Waals surface area contributed by atoms with E-state index in [0.717, 1.165) is 45.9 Å². The molecule has 0 heterocycles. The summed E-state index contributed by atoms with van der Waals surface area (Å²) in [6.07, 6.45) is 2.50. The van der Waals surface area contributed by atoms with Gasteiger partial charge in [-0.15, -0.1) is 0 Å². The van der Waals surface area contributed by atoms with E-state index in [1.165, 1.54) is 0 Å². The van der Waals surface area contributed by atoms with Crippen LogP contribution in [0.5, 0.6) is 0 Å². The molecule has 0 aliphatic heterocycles. The van der Waals surface area contributed by atoms with E-state index in [1.54, 1.807) is 0 Å². The molecule has 0 saturated carbocycles. The van der Waals surface area contributed by atoms with E-state index >= 15 is 0 Å². The Hall–Kier alpha value is -0.120. The maximum Gasteiger partial charge on any atom is 0.0544 e. The second kappa shape index (κ2) is 10.6. The molecule has 0 aromatic rings. The van der Waals surface area contributed by atoms with Crippen LogP contribution in [-0.2, 0) is 14.2 Å². The summed E-state index contributed by atoms with van der Waals surface area (Å²) in [7, 11) is 0. The highest BCUT2D eigenvalue weighted by Crippen LogP contribution is 2.21. The van der Waals surface area contributed by atoms with Crippen molar-refractivity contribution < 1.29 is 14.2 Å². The van der Waals surface area contributed by atoms with Crippen LogP contribution < -0.4 is 0 Å². The first-order valence-corrected chi connectivity index (χ1v) is 8.85. The normalized spacial score (nSPS) is 14.6. The molecule has 22 heavy (non-hydrogen) atoms. The molecule has 0 rings (SSSR count). The lowest BCUT2D eigenvalue weighted by Crippen LogP contribution is -2.32. The van der Waals surface area contributed by atoms with Crippen LogP contribution in [0.25, 0.3) is 0 Å². The largest absolute Gasteiger partial charge is 0.381 e. The molecule has 0 radical (unpaired) electrons. The van der Waals surface area contributed by atoms with Crippen molar-refractivity contribution in [2.75, 3.05) is 33.0 Å². The van der Waals surface area contributed by atoms with Gasteiger partial charge >= 0.3 is 0 Å². The highest BCUT2D eigenvalue weighted by Gasteiger charge is 2.23. The molecule has 0 saturated heterocycles. The van der Waals surface area contributed by atoms with E-state index in [9.17, 15) is 0 Å². The fourth-order valence-corrected chi connectivity index (χ4v) is 1.84. The minimum atomic E-state index is 0.0536. The van der Waals surface area contributed by atoms with Crippen LogP contribution >= 0.6 is 0 Å². The molecule has 0 aliphatic carbocycles. The van der Waals surface area contributed by atoms with E-state index in [4.69, 9.17) is 14.2 Å². The van der Waals surface area contributed by atoms with E-state index in [1.807, 2.05) is 0 Å². The highest BCUT2D eigenvalue weighted by atomic mass is 16.5. The Morgan fingerprint density at radius 2 is 1.27 bits per heavy atom. The molecule has 0 bridgehead atoms. The third-order valence-electron chi connectivity index (χ3n) is 3.65. The molecular formula is C19H40O3. The summed E-state index contributed by atoms with van der Waals surface area (Å²) in [5.41, 5.74) is 0.114. The Kier molecular flexibility index (Phi) is 10.6. The summed E-state index contributed by atoms with van der Waals surface area (Å²) in [6, 6.07) is 0. The first-order valence-electron chi connectivity index (χ1n) is 8.85. The third-order valence-corrected chi connectivity index (χ3v) is 3.65. The van der Waals surface area contributed by atoms with Crippen molar-refractivity contribution in [3.8, 4) is 0 Å². The van der Waals surface area contributed by atoms with Crippen LogP contribution in [-0.4, -0.2) is 39.1 Å². The fourth-order valence-electron chi connectivity index (χ4n) is 1.84. The van der Waals surface area contributed by atoms with Gasteiger partial charge in [-0.2, -0.15) is 0 Å². The molecule has 0 fully saturated rings. The zero-order valence-electron chi connectivity index (χ0n) is 16.3. The Labute approximate surface area is 139 Å². The van der Waals surface area contributed by atoms with Crippen molar-refractivity contribution >= 4 is 0 Å². The molecule has 0 amide bonds. The van der Waals surface area contributed by atoms with E-state index in [2.05, 4.69) is 55.4 Å². The summed E-state index contributed by atoms with van der Waals surface area (Å²) in [5, 5.41) is 0. The van der Waals surface area contributed by atoms with Crippen molar-refractivity contribution in [1.29, 1.82) is 0 Å². The maximum absolute atomic E-state index is 5.95. The lowest BCUT2D eigenvalue weighted by Gasteiger charge is -2.29. The third kappa shape index (κ3) is 12.4. The average Bonchev–Trinajstić information content (AvgIpc) is 2.40. The van der Waals surface area contributed by atoms with Gasteiger partial charge in [0.25, 0.3) is 0 Å². The molecule has 0 aromatic carbocycles. The predicted octanol–water partition coefficient (Wildman–Crippen LogP) is 4.93. The summed E-state index contributed by atoms with van der Waals surface area (Å²) in [6.45, 7) is 21.3. The second-order valence-electron chi connectivity index (χ2n) is 8.59. The van der Waals surface area contributed by atoms with Gasteiger partial charge in [-0.3, -0.25) is 0 Å². The summed E-state index contributed by atoms with van der Waals surface area (Å²) >= 11 is 0. The van der Waals surface area contributed by atoms with E-state index in [0.29, 0.717) is 12.0 Å². The topological polar surface area (TPSA) is 27.7 Å². The predicted molar refractivity (Wildman–Crippen MR) is 94.4 cm³/mol. The van der Waals surface area contributed by atoms with Crippen LogP contribution in [0.3, 0.4) is 0 Å². The average molecular weight is 317 g/mol. The zero-order valence-corrected chi connectivity index (χ0v) is 16.3. The molecule has 3 nitrogen and oxygen atoms in total. The number of ether oxygens (including phenoxy) is 3. The fraction of sp³-hybridized carbons (Fsp3) is 1.00. The summed E-state index contributed by atoms with van der Waals surface area (Å²) < 4.78 is 17.6. The van der Waals surface area contributed by atoms with Crippen LogP contribution in [0.2, 0.25) is 0 Å². The number of hydrogen-bond donors (Lipinski definition) is 0. The minimum absolute atomic E-state index is 0.0536. The molecule has 1 atom stereocenters. The number of rotatable bonds is 13. The van der Waals surface area contributed by atoms with E-state index in [-0.39, 0.29) is 10.8 Å². The quantitative estimate of drug-likeness (QED) is 0.451. The van der Waals surface area contributed by atoms with Gasteiger partial charge in [-0.1, -0.05) is 48.5 Å². The lowest BCUT2D eigenvalue weighted by atomic mass is 9.94. The van der Waals surface area contributed by atoms with Gasteiger partial charge in [-0.25, -0.2) is 0 Å². The van der Waals surface area contributed by atoms with Gasteiger partial charge in [0.05, 0.1) is 32.5 Å². The monoisotopic (exact) mass is 316 g/mol. The number of hydrogen-bond acceptors (Lipinski definition) is 3. The Morgan fingerprint density at radius 1 is 0.773 bits per heavy atom. The standard InChI is InChI=1S/C19H40O3/c1-9-17(4)22-15-19(7,8)14-21-13-18(5,6)12-20-11-10-16(2)3/h16-17H,9-15H2,1-8H3. The van der Waals surface area contributed by atoms with Crippen LogP contribution in [0.4, 0.5) is 0 Å². The highest BCUT2D eigenvalue weighted by molar-refractivity contribution is 4.71. The van der Waals surface area contributed by atoms with Crippen molar-refractivity contribution in [3.63, 3.8) is 0 Å². The Morgan fingerprint density at radius 3 is 1.77 bits per heavy atom. The van der Waals surface area contributed by atoms with Crippen molar-refractivity contribution in [2.45, 2.75) is 74.3 Å². The van der Waals surface area contributed by atoms with Crippen LogP contribution in [0.15, 0.2) is 0 Å². The van der Waals surface area contributed by atoms with Gasteiger partial charge in [0, 0.05) is 17.4 Å². The smallest absolute Gasteiger partial charge is 0.0544 e. The molecule has 0 aliphatic rings. The zero-order chi connectivity index (χ0) is 17.2. The van der Waals surface area contributed by atoms with Gasteiger partial charge in [0.15, 0.2) is 0 Å². The van der Waals surface area contributed by atoms with Crippen molar-refractivity contribution in [1.82, 2.24) is 0 Å². The molecular weight excluding hydrogens is 276 g/mol. The maximum atomic E-state index is 5.95. The molecule has 0 aromatic heterocycles. The van der Waals surface area contributed by atoms with Gasteiger partial charge in [0.2, 0.25) is 0 Å². The molecule has 0 spiro atoms. The van der Waals surface area contributed by atoms with Gasteiger partial charge in [-0.05, 0) is 25.7 Å². The van der Waals surface area contributed by atoms with Crippen molar-refractivity contribution in [3.05, 3.63) is 0 Å². The Balaban J connectivity index is 3.89. The molecule has 1 unspecified atom stereocenters. The minimum Gasteiger partial charge on any atom is -0.381 e. The first-order chi connectivity index (χ1) is 10.1. The SMILES string of the molecule is CCC(C)OCC(C)(C)COCC(C)(C)COCCC(C)C. The second-order valence-corrected chi connectivity index (χ2v) is 8.59. The molecule has 0 N–H and O–H groups in total. The molecule has 3 heteroatoms. The lowest BCUT2D eigenvalue weighted by molar-refractivity contribution is -0.0579. The molecule has 134 valence electrons. The summed E-state index contributed by atoms with van der Waals surface area (Å²) in [5.74, 6) is 0.700.